The van der Waals surface area contributed by atoms with E-state index in [-0.39, 0.29) is 0 Å². The molecule has 20 heavy (non-hydrogen) atoms. The first-order valence-corrected chi connectivity index (χ1v) is 8.35. The first-order chi connectivity index (χ1) is 9.78. The van der Waals surface area contributed by atoms with Crippen LogP contribution in [0.1, 0.15) is 30.9 Å². The van der Waals surface area contributed by atoms with E-state index in [0.717, 1.165) is 42.3 Å². The Morgan fingerprint density at radius 1 is 1.35 bits per heavy atom. The Kier molecular flexibility index (Phi) is 4.64. The van der Waals surface area contributed by atoms with Gasteiger partial charge in [-0.25, -0.2) is 0 Å². The Labute approximate surface area is 129 Å². The van der Waals surface area contributed by atoms with Crippen molar-refractivity contribution in [1.29, 1.82) is 0 Å². The zero-order valence-corrected chi connectivity index (χ0v) is 13.7. The lowest BCUT2D eigenvalue weighted by molar-refractivity contribution is 0.158. The summed E-state index contributed by atoms with van der Waals surface area (Å²) in [5.41, 5.74) is 1.34. The standard InChI is InChI=1S/C16H23BrN2O/c1-20-16-5-4-13(17)11-14(16)15(10-12-2-3-12)19-8-6-18-7-9-19/h4-5,11-12,15,18H,2-3,6-10H2,1H3/t15-/m1/s1. The van der Waals surface area contributed by atoms with Crippen molar-refractivity contribution in [2.75, 3.05) is 33.3 Å². The fourth-order valence-corrected chi connectivity index (χ4v) is 3.48. The van der Waals surface area contributed by atoms with Crippen molar-refractivity contribution in [2.24, 2.45) is 5.92 Å². The second kappa shape index (κ2) is 6.46. The Morgan fingerprint density at radius 2 is 2.10 bits per heavy atom. The molecule has 1 atom stereocenters. The minimum atomic E-state index is 0.497. The number of hydrogen-bond acceptors (Lipinski definition) is 3. The molecule has 1 aromatic rings. The normalized spacial score (nSPS) is 21.7. The molecule has 2 fully saturated rings. The molecule has 0 amide bonds. The van der Waals surface area contributed by atoms with E-state index in [1.807, 2.05) is 0 Å². The number of methoxy groups -OCH3 is 1. The Bertz CT molecular complexity index is 456. The number of ether oxygens (including phenoxy) is 1. The highest BCUT2D eigenvalue weighted by Gasteiger charge is 2.31. The van der Waals surface area contributed by atoms with Crippen LogP contribution in [0.25, 0.3) is 0 Å². The molecular weight excluding hydrogens is 316 g/mol. The molecular formula is C16H23BrN2O. The molecule has 1 saturated heterocycles. The number of piperazine rings is 1. The van der Waals surface area contributed by atoms with Crippen molar-refractivity contribution in [3.8, 4) is 5.75 Å². The molecule has 1 heterocycles. The molecule has 3 nitrogen and oxygen atoms in total. The van der Waals surface area contributed by atoms with E-state index >= 15 is 0 Å². The van der Waals surface area contributed by atoms with E-state index in [2.05, 4.69) is 44.3 Å². The second-order valence-electron chi connectivity index (χ2n) is 5.87. The van der Waals surface area contributed by atoms with Crippen LogP contribution in [0.15, 0.2) is 22.7 Å². The van der Waals surface area contributed by atoms with Gasteiger partial charge in [0.1, 0.15) is 5.75 Å². The molecule has 1 aliphatic carbocycles. The lowest BCUT2D eigenvalue weighted by Crippen LogP contribution is -2.45. The molecule has 0 radical (unpaired) electrons. The largest absolute Gasteiger partial charge is 0.496 e. The third kappa shape index (κ3) is 3.35. The Hall–Kier alpha value is -0.580. The minimum Gasteiger partial charge on any atom is -0.496 e. The third-order valence-electron chi connectivity index (χ3n) is 4.40. The van der Waals surface area contributed by atoms with Crippen molar-refractivity contribution in [1.82, 2.24) is 10.2 Å². The average Bonchev–Trinajstić information content (AvgIpc) is 3.30. The summed E-state index contributed by atoms with van der Waals surface area (Å²) in [7, 11) is 1.78. The van der Waals surface area contributed by atoms with Gasteiger partial charge in [-0.2, -0.15) is 0 Å². The molecule has 0 bridgehead atoms. The lowest BCUT2D eigenvalue weighted by atomic mass is 9.97. The van der Waals surface area contributed by atoms with Crippen LogP contribution in [0, 0.1) is 5.92 Å². The van der Waals surface area contributed by atoms with Crippen LogP contribution in [0.2, 0.25) is 0 Å². The monoisotopic (exact) mass is 338 g/mol. The van der Waals surface area contributed by atoms with E-state index in [1.165, 1.54) is 24.8 Å². The molecule has 1 N–H and O–H groups in total. The van der Waals surface area contributed by atoms with Crippen molar-refractivity contribution >= 4 is 15.9 Å². The highest BCUT2D eigenvalue weighted by molar-refractivity contribution is 9.10. The van der Waals surface area contributed by atoms with Crippen molar-refractivity contribution in [3.63, 3.8) is 0 Å². The molecule has 3 rings (SSSR count). The molecule has 4 heteroatoms. The first kappa shape index (κ1) is 14.4. The summed E-state index contributed by atoms with van der Waals surface area (Å²) >= 11 is 3.61. The lowest BCUT2D eigenvalue weighted by Gasteiger charge is -2.36. The van der Waals surface area contributed by atoms with E-state index in [4.69, 9.17) is 4.74 Å². The van der Waals surface area contributed by atoms with Crippen LogP contribution >= 0.6 is 15.9 Å². The van der Waals surface area contributed by atoms with E-state index in [9.17, 15) is 0 Å². The van der Waals surface area contributed by atoms with E-state index < -0.39 is 0 Å². The zero-order chi connectivity index (χ0) is 13.9. The molecule has 0 spiro atoms. The van der Waals surface area contributed by atoms with Gasteiger partial charge in [-0.3, -0.25) is 4.90 Å². The van der Waals surface area contributed by atoms with Gasteiger partial charge < -0.3 is 10.1 Å². The fraction of sp³-hybridized carbons (Fsp3) is 0.625. The van der Waals surface area contributed by atoms with Gasteiger partial charge in [0.25, 0.3) is 0 Å². The number of nitrogens with one attached hydrogen (secondary N) is 1. The number of benzene rings is 1. The van der Waals surface area contributed by atoms with Gasteiger partial charge in [0.15, 0.2) is 0 Å². The quantitative estimate of drug-likeness (QED) is 0.892. The van der Waals surface area contributed by atoms with Crippen LogP contribution < -0.4 is 10.1 Å². The third-order valence-corrected chi connectivity index (χ3v) is 4.89. The fourth-order valence-electron chi connectivity index (χ4n) is 3.10. The van der Waals surface area contributed by atoms with E-state index in [0.29, 0.717) is 6.04 Å². The van der Waals surface area contributed by atoms with Gasteiger partial charge >= 0.3 is 0 Å². The van der Waals surface area contributed by atoms with Crippen LogP contribution in [0.3, 0.4) is 0 Å². The highest BCUT2D eigenvalue weighted by Crippen LogP contribution is 2.43. The van der Waals surface area contributed by atoms with Gasteiger partial charge in [0.2, 0.25) is 0 Å². The summed E-state index contributed by atoms with van der Waals surface area (Å²) in [5, 5.41) is 3.45. The summed E-state index contributed by atoms with van der Waals surface area (Å²) in [5.74, 6) is 1.94. The SMILES string of the molecule is COc1ccc(Br)cc1[C@@H](CC1CC1)N1CCNCC1. The Balaban J connectivity index is 1.88. The number of halogens is 1. The number of hydrogen-bond donors (Lipinski definition) is 1. The van der Waals surface area contributed by atoms with Crippen LogP contribution in [-0.4, -0.2) is 38.2 Å². The summed E-state index contributed by atoms with van der Waals surface area (Å²) in [6, 6.07) is 6.89. The predicted molar refractivity (Wildman–Crippen MR) is 85.2 cm³/mol. The van der Waals surface area contributed by atoms with Crippen LogP contribution in [0.5, 0.6) is 5.75 Å². The van der Waals surface area contributed by atoms with Crippen LogP contribution in [0.4, 0.5) is 0 Å². The smallest absolute Gasteiger partial charge is 0.123 e. The van der Waals surface area contributed by atoms with Crippen molar-refractivity contribution < 1.29 is 4.74 Å². The van der Waals surface area contributed by atoms with Crippen molar-refractivity contribution in [3.05, 3.63) is 28.2 Å². The maximum absolute atomic E-state index is 5.61. The minimum absolute atomic E-state index is 0.497. The number of rotatable bonds is 5. The summed E-state index contributed by atoms with van der Waals surface area (Å²) < 4.78 is 6.75. The molecule has 1 aliphatic heterocycles. The van der Waals surface area contributed by atoms with Gasteiger partial charge in [-0.05, 0) is 30.5 Å². The maximum atomic E-state index is 5.61. The first-order valence-electron chi connectivity index (χ1n) is 7.56. The number of nitrogens with zero attached hydrogens (tertiary/aromatic N) is 1. The molecule has 110 valence electrons. The maximum Gasteiger partial charge on any atom is 0.123 e. The molecule has 2 aliphatic rings. The van der Waals surface area contributed by atoms with Gasteiger partial charge in [0, 0.05) is 42.3 Å². The zero-order valence-electron chi connectivity index (χ0n) is 12.1. The van der Waals surface area contributed by atoms with Gasteiger partial charge in [0.05, 0.1) is 7.11 Å². The van der Waals surface area contributed by atoms with Crippen LogP contribution in [-0.2, 0) is 0 Å². The predicted octanol–water partition coefficient (Wildman–Crippen LogP) is 3.20. The average molecular weight is 339 g/mol. The summed E-state index contributed by atoms with van der Waals surface area (Å²) in [6.07, 6.45) is 4.07. The van der Waals surface area contributed by atoms with E-state index in [1.54, 1.807) is 7.11 Å². The van der Waals surface area contributed by atoms with Gasteiger partial charge in [-0.1, -0.05) is 28.8 Å². The molecule has 0 unspecified atom stereocenters. The van der Waals surface area contributed by atoms with Crippen molar-refractivity contribution in [2.45, 2.75) is 25.3 Å². The molecule has 1 aromatic carbocycles. The summed E-state index contributed by atoms with van der Waals surface area (Å²) in [6.45, 7) is 4.45. The highest BCUT2D eigenvalue weighted by atomic mass is 79.9. The topological polar surface area (TPSA) is 24.5 Å². The summed E-state index contributed by atoms with van der Waals surface area (Å²) in [4.78, 5) is 2.62. The molecule has 0 aromatic heterocycles. The molecule has 1 saturated carbocycles. The van der Waals surface area contributed by atoms with Gasteiger partial charge in [-0.15, -0.1) is 0 Å². The Morgan fingerprint density at radius 3 is 2.75 bits per heavy atom. The second-order valence-corrected chi connectivity index (χ2v) is 6.78.